The maximum atomic E-state index is 11.2. The molecule has 0 N–H and O–H groups in total. The van der Waals surface area contributed by atoms with E-state index in [0.717, 1.165) is 5.75 Å². The molecule has 0 spiro atoms. The van der Waals surface area contributed by atoms with E-state index in [1.54, 1.807) is 11.8 Å². The first-order valence-electron chi connectivity index (χ1n) is 5.08. The number of thioether (sulfide) groups is 1. The van der Waals surface area contributed by atoms with Crippen LogP contribution in [-0.2, 0) is 9.59 Å². The van der Waals surface area contributed by atoms with Crippen molar-refractivity contribution in [3.8, 4) is 0 Å². The zero-order valence-electron chi connectivity index (χ0n) is 9.50. The van der Waals surface area contributed by atoms with Gasteiger partial charge >= 0.3 is 0 Å². The van der Waals surface area contributed by atoms with Gasteiger partial charge in [0.25, 0.3) is 0 Å². The quantitative estimate of drug-likeness (QED) is 0.613. The fourth-order valence-corrected chi connectivity index (χ4v) is 1.83. The van der Waals surface area contributed by atoms with Crippen molar-refractivity contribution in [2.75, 3.05) is 11.5 Å². The number of rotatable bonds is 7. The molecule has 82 valence electrons. The van der Waals surface area contributed by atoms with Crippen LogP contribution >= 0.6 is 11.8 Å². The molecule has 0 heterocycles. The summed E-state index contributed by atoms with van der Waals surface area (Å²) < 4.78 is 0. The normalized spacial score (nSPS) is 11.0. The third kappa shape index (κ3) is 6.19. The van der Waals surface area contributed by atoms with E-state index in [2.05, 4.69) is 0 Å². The molecule has 0 rings (SSSR count). The van der Waals surface area contributed by atoms with Gasteiger partial charge in [0, 0.05) is 24.0 Å². The van der Waals surface area contributed by atoms with Gasteiger partial charge in [-0.1, -0.05) is 27.7 Å². The molecule has 0 fully saturated rings. The Morgan fingerprint density at radius 1 is 1.00 bits per heavy atom. The Labute approximate surface area is 90.8 Å². The topological polar surface area (TPSA) is 34.1 Å². The molecular weight excluding hydrogens is 196 g/mol. The highest BCUT2D eigenvalue weighted by atomic mass is 32.2. The highest BCUT2D eigenvalue weighted by Crippen LogP contribution is 2.09. The molecule has 0 aliphatic rings. The van der Waals surface area contributed by atoms with Crippen molar-refractivity contribution in [2.24, 2.45) is 11.8 Å². The first-order chi connectivity index (χ1) is 6.45. The second-order valence-corrected chi connectivity index (χ2v) is 5.15. The standard InChI is InChI=1S/C11H20O2S/c1-8(2)10(12)5-6-14-7-11(13)9(3)4/h8-9H,5-7H2,1-4H3. The van der Waals surface area contributed by atoms with E-state index in [9.17, 15) is 9.59 Å². The smallest absolute Gasteiger partial charge is 0.145 e. The minimum absolute atomic E-state index is 0.114. The van der Waals surface area contributed by atoms with E-state index in [0.29, 0.717) is 12.2 Å². The van der Waals surface area contributed by atoms with Crippen LogP contribution in [-0.4, -0.2) is 23.1 Å². The highest BCUT2D eigenvalue weighted by Gasteiger charge is 2.09. The SMILES string of the molecule is CC(C)C(=O)CCSCC(=O)C(C)C. The molecule has 0 saturated carbocycles. The Bertz CT molecular complexity index is 175. The van der Waals surface area contributed by atoms with Crippen molar-refractivity contribution in [3.05, 3.63) is 0 Å². The maximum Gasteiger partial charge on any atom is 0.145 e. The van der Waals surface area contributed by atoms with Crippen LogP contribution in [0.3, 0.4) is 0 Å². The van der Waals surface area contributed by atoms with E-state index in [-0.39, 0.29) is 23.4 Å². The first-order valence-corrected chi connectivity index (χ1v) is 6.23. The van der Waals surface area contributed by atoms with Crippen molar-refractivity contribution in [1.29, 1.82) is 0 Å². The zero-order chi connectivity index (χ0) is 11.1. The maximum absolute atomic E-state index is 11.2. The van der Waals surface area contributed by atoms with Crippen LogP contribution in [0, 0.1) is 11.8 Å². The summed E-state index contributed by atoms with van der Waals surface area (Å²) in [6.07, 6.45) is 0.591. The van der Waals surface area contributed by atoms with Gasteiger partial charge in [-0.15, -0.1) is 0 Å². The third-order valence-electron chi connectivity index (χ3n) is 2.03. The molecule has 0 aromatic heterocycles. The van der Waals surface area contributed by atoms with E-state index in [1.807, 2.05) is 27.7 Å². The molecule has 0 saturated heterocycles. The minimum Gasteiger partial charge on any atom is -0.299 e. The monoisotopic (exact) mass is 216 g/mol. The summed E-state index contributed by atoms with van der Waals surface area (Å²) in [5, 5.41) is 0. The second kappa shape index (κ2) is 7.04. The lowest BCUT2D eigenvalue weighted by atomic mass is 10.1. The Hall–Kier alpha value is -0.310. The molecule has 0 aromatic carbocycles. The van der Waals surface area contributed by atoms with Crippen LogP contribution < -0.4 is 0 Å². The largest absolute Gasteiger partial charge is 0.299 e. The highest BCUT2D eigenvalue weighted by molar-refractivity contribution is 7.99. The summed E-state index contributed by atoms with van der Waals surface area (Å²) in [6, 6.07) is 0. The number of Topliss-reactive ketones (excluding diaryl/α,β-unsaturated/α-hetero) is 2. The number of carbonyl (C=O) groups excluding carboxylic acids is 2. The minimum atomic E-state index is 0.114. The lowest BCUT2D eigenvalue weighted by Gasteiger charge is -2.05. The molecule has 0 radical (unpaired) electrons. The number of hydrogen-bond donors (Lipinski definition) is 0. The van der Waals surface area contributed by atoms with Gasteiger partial charge in [0.05, 0.1) is 5.75 Å². The predicted octanol–water partition coefficient (Wildman–Crippen LogP) is 2.56. The zero-order valence-corrected chi connectivity index (χ0v) is 10.3. The Kier molecular flexibility index (Phi) is 6.89. The van der Waals surface area contributed by atoms with Crippen molar-refractivity contribution >= 4 is 23.3 Å². The summed E-state index contributed by atoms with van der Waals surface area (Å²) in [5.41, 5.74) is 0. The van der Waals surface area contributed by atoms with E-state index in [1.165, 1.54) is 0 Å². The van der Waals surface area contributed by atoms with Crippen molar-refractivity contribution in [3.63, 3.8) is 0 Å². The van der Waals surface area contributed by atoms with Crippen molar-refractivity contribution < 1.29 is 9.59 Å². The van der Waals surface area contributed by atoms with Gasteiger partial charge < -0.3 is 0 Å². The fourth-order valence-electron chi connectivity index (χ4n) is 0.801. The van der Waals surface area contributed by atoms with Gasteiger partial charge in [-0.05, 0) is 0 Å². The van der Waals surface area contributed by atoms with Gasteiger partial charge in [0.2, 0.25) is 0 Å². The lowest BCUT2D eigenvalue weighted by molar-refractivity contribution is -0.121. The molecule has 0 unspecified atom stereocenters. The molecule has 0 atom stereocenters. The molecule has 14 heavy (non-hydrogen) atoms. The fraction of sp³-hybridized carbons (Fsp3) is 0.818. The van der Waals surface area contributed by atoms with E-state index >= 15 is 0 Å². The summed E-state index contributed by atoms with van der Waals surface area (Å²) in [5.74, 6) is 2.11. The van der Waals surface area contributed by atoms with Gasteiger partial charge in [0.1, 0.15) is 11.6 Å². The van der Waals surface area contributed by atoms with Crippen LogP contribution in [0.25, 0.3) is 0 Å². The number of ketones is 2. The average Bonchev–Trinajstić information content (AvgIpc) is 2.11. The van der Waals surface area contributed by atoms with Gasteiger partial charge in [-0.2, -0.15) is 11.8 Å². The Morgan fingerprint density at radius 3 is 1.93 bits per heavy atom. The van der Waals surface area contributed by atoms with Crippen LogP contribution in [0.5, 0.6) is 0 Å². The molecule has 0 bridgehead atoms. The van der Waals surface area contributed by atoms with Gasteiger partial charge in [0.15, 0.2) is 0 Å². The van der Waals surface area contributed by atoms with E-state index < -0.39 is 0 Å². The molecule has 2 nitrogen and oxygen atoms in total. The van der Waals surface area contributed by atoms with Crippen LogP contribution in [0.4, 0.5) is 0 Å². The first kappa shape index (κ1) is 13.7. The summed E-state index contributed by atoms with van der Waals surface area (Å²) in [4.78, 5) is 22.4. The lowest BCUT2D eigenvalue weighted by Crippen LogP contribution is -2.12. The molecule has 0 aliphatic heterocycles. The summed E-state index contributed by atoms with van der Waals surface area (Å²) in [7, 11) is 0. The molecule has 3 heteroatoms. The van der Waals surface area contributed by atoms with Crippen LogP contribution in [0.1, 0.15) is 34.1 Å². The number of hydrogen-bond acceptors (Lipinski definition) is 3. The van der Waals surface area contributed by atoms with Crippen molar-refractivity contribution in [1.82, 2.24) is 0 Å². The van der Waals surface area contributed by atoms with Crippen molar-refractivity contribution in [2.45, 2.75) is 34.1 Å². The number of carbonyl (C=O) groups is 2. The second-order valence-electron chi connectivity index (χ2n) is 4.04. The molecule has 0 aromatic rings. The molecular formula is C11H20O2S. The van der Waals surface area contributed by atoms with Crippen LogP contribution in [0.2, 0.25) is 0 Å². The Balaban J connectivity index is 3.48. The molecule has 0 aliphatic carbocycles. The third-order valence-corrected chi connectivity index (χ3v) is 3.01. The molecule has 0 amide bonds. The average molecular weight is 216 g/mol. The summed E-state index contributed by atoms with van der Waals surface area (Å²) >= 11 is 1.57. The predicted molar refractivity (Wildman–Crippen MR) is 61.6 cm³/mol. The van der Waals surface area contributed by atoms with Gasteiger partial charge in [-0.3, -0.25) is 9.59 Å². The Morgan fingerprint density at radius 2 is 1.50 bits per heavy atom. The summed E-state index contributed by atoms with van der Waals surface area (Å²) in [6.45, 7) is 7.63. The van der Waals surface area contributed by atoms with Gasteiger partial charge in [-0.25, -0.2) is 0 Å². The van der Waals surface area contributed by atoms with E-state index in [4.69, 9.17) is 0 Å². The van der Waals surface area contributed by atoms with Crippen LogP contribution in [0.15, 0.2) is 0 Å².